The second-order valence-electron chi connectivity index (χ2n) is 5.67. The Kier molecular flexibility index (Phi) is 4.86. The molecule has 2 unspecified atom stereocenters. The van der Waals surface area contributed by atoms with Gasteiger partial charge in [-0.25, -0.2) is 8.78 Å². The molecule has 4 heteroatoms. The molecule has 0 N–H and O–H groups in total. The predicted molar refractivity (Wildman–Crippen MR) is 74.7 cm³/mol. The summed E-state index contributed by atoms with van der Waals surface area (Å²) in [5.41, 5.74) is -0.136. The molecule has 2 nitrogen and oxygen atoms in total. The van der Waals surface area contributed by atoms with Gasteiger partial charge in [0.05, 0.1) is 5.56 Å². The van der Waals surface area contributed by atoms with E-state index in [0.717, 1.165) is 19.0 Å². The molecule has 0 aliphatic carbocycles. The Morgan fingerprint density at radius 3 is 2.85 bits per heavy atom. The third-order valence-corrected chi connectivity index (χ3v) is 4.38. The molecule has 1 heterocycles. The van der Waals surface area contributed by atoms with E-state index >= 15 is 0 Å². The summed E-state index contributed by atoms with van der Waals surface area (Å²) in [4.78, 5) is 14.3. The van der Waals surface area contributed by atoms with E-state index in [1.54, 1.807) is 0 Å². The molecule has 1 aromatic carbocycles. The molecule has 1 aliphatic heterocycles. The Bertz CT molecular complexity index is 489. The molecule has 1 fully saturated rings. The Morgan fingerprint density at radius 2 is 2.10 bits per heavy atom. The SMILES string of the molecule is CC1CCCN(CCC(=O)c2cccc(F)c2F)C1C. The van der Waals surface area contributed by atoms with E-state index < -0.39 is 11.6 Å². The lowest BCUT2D eigenvalue weighted by atomic mass is 9.92. The molecule has 110 valence electrons. The summed E-state index contributed by atoms with van der Waals surface area (Å²) in [6.07, 6.45) is 2.58. The van der Waals surface area contributed by atoms with Gasteiger partial charge in [0.25, 0.3) is 0 Å². The van der Waals surface area contributed by atoms with Crippen molar-refractivity contribution in [2.24, 2.45) is 5.92 Å². The van der Waals surface area contributed by atoms with Gasteiger partial charge in [-0.1, -0.05) is 13.0 Å². The summed E-state index contributed by atoms with van der Waals surface area (Å²) in [6.45, 7) is 5.96. The molecular weight excluding hydrogens is 260 g/mol. The standard InChI is InChI=1S/C16H21F2NO/c1-11-5-4-9-19(12(11)2)10-8-15(20)13-6-3-7-14(17)16(13)18/h3,6-7,11-12H,4-5,8-10H2,1-2H3. The lowest BCUT2D eigenvalue weighted by molar-refractivity contribution is 0.0874. The Balaban J connectivity index is 1.97. The van der Waals surface area contributed by atoms with E-state index in [4.69, 9.17) is 0 Å². The lowest BCUT2D eigenvalue weighted by Gasteiger charge is -2.37. The zero-order chi connectivity index (χ0) is 14.7. The van der Waals surface area contributed by atoms with Gasteiger partial charge in [-0.3, -0.25) is 9.69 Å². The molecule has 0 radical (unpaired) electrons. The van der Waals surface area contributed by atoms with Crippen LogP contribution in [0.25, 0.3) is 0 Å². The van der Waals surface area contributed by atoms with Gasteiger partial charge in [0, 0.05) is 19.0 Å². The van der Waals surface area contributed by atoms with Crippen molar-refractivity contribution in [1.29, 1.82) is 0 Å². The van der Waals surface area contributed by atoms with Crippen molar-refractivity contribution in [3.8, 4) is 0 Å². The molecule has 1 aromatic rings. The third kappa shape index (κ3) is 3.23. The van der Waals surface area contributed by atoms with Crippen molar-refractivity contribution in [2.75, 3.05) is 13.1 Å². The van der Waals surface area contributed by atoms with Crippen LogP contribution in [0.2, 0.25) is 0 Å². The number of nitrogens with zero attached hydrogens (tertiary/aromatic N) is 1. The topological polar surface area (TPSA) is 20.3 Å². The summed E-state index contributed by atoms with van der Waals surface area (Å²) in [5.74, 6) is -1.70. The first kappa shape index (κ1) is 15.1. The van der Waals surface area contributed by atoms with Crippen LogP contribution in [0, 0.1) is 17.6 Å². The number of hydrogen-bond acceptors (Lipinski definition) is 2. The van der Waals surface area contributed by atoms with Crippen molar-refractivity contribution >= 4 is 5.78 Å². The minimum Gasteiger partial charge on any atom is -0.300 e. The monoisotopic (exact) mass is 281 g/mol. The summed E-state index contributed by atoms with van der Waals surface area (Å²) in [6, 6.07) is 4.19. The van der Waals surface area contributed by atoms with Crippen LogP contribution in [0.3, 0.4) is 0 Å². The van der Waals surface area contributed by atoms with E-state index in [1.165, 1.54) is 18.6 Å². The van der Waals surface area contributed by atoms with E-state index in [-0.39, 0.29) is 17.8 Å². The Hall–Kier alpha value is -1.29. The quantitative estimate of drug-likeness (QED) is 0.785. The number of carbonyl (C=O) groups excluding carboxylic acids is 1. The second kappa shape index (κ2) is 6.44. The third-order valence-electron chi connectivity index (χ3n) is 4.38. The first-order chi connectivity index (χ1) is 9.50. The largest absolute Gasteiger partial charge is 0.300 e. The minimum absolute atomic E-state index is 0.136. The van der Waals surface area contributed by atoms with E-state index in [2.05, 4.69) is 18.7 Å². The van der Waals surface area contributed by atoms with E-state index in [9.17, 15) is 13.6 Å². The summed E-state index contributed by atoms with van der Waals surface area (Å²) in [7, 11) is 0. The maximum atomic E-state index is 13.5. The number of piperidine rings is 1. The fourth-order valence-electron chi connectivity index (χ4n) is 2.84. The van der Waals surface area contributed by atoms with Crippen LogP contribution in [0.5, 0.6) is 0 Å². The fourth-order valence-corrected chi connectivity index (χ4v) is 2.84. The summed E-state index contributed by atoms with van der Waals surface area (Å²) in [5, 5.41) is 0. The van der Waals surface area contributed by atoms with E-state index in [1.807, 2.05) is 0 Å². The molecule has 2 rings (SSSR count). The summed E-state index contributed by atoms with van der Waals surface area (Å²) >= 11 is 0. The van der Waals surface area contributed by atoms with E-state index in [0.29, 0.717) is 18.5 Å². The van der Waals surface area contributed by atoms with Gasteiger partial charge in [0.15, 0.2) is 17.4 Å². The number of halogens is 2. The number of hydrogen-bond donors (Lipinski definition) is 0. The van der Waals surface area contributed by atoms with Crippen LogP contribution < -0.4 is 0 Å². The highest BCUT2D eigenvalue weighted by Crippen LogP contribution is 2.23. The van der Waals surface area contributed by atoms with Crippen molar-refractivity contribution in [2.45, 2.75) is 39.2 Å². The maximum Gasteiger partial charge on any atom is 0.169 e. The molecule has 0 saturated carbocycles. The zero-order valence-electron chi connectivity index (χ0n) is 12.0. The molecule has 2 atom stereocenters. The van der Waals surface area contributed by atoms with Crippen LogP contribution >= 0.6 is 0 Å². The normalized spacial score (nSPS) is 23.8. The smallest absolute Gasteiger partial charge is 0.169 e. The van der Waals surface area contributed by atoms with Crippen LogP contribution in [0.4, 0.5) is 8.78 Å². The van der Waals surface area contributed by atoms with Crippen LogP contribution in [0.1, 0.15) is 43.5 Å². The number of carbonyl (C=O) groups is 1. The lowest BCUT2D eigenvalue weighted by Crippen LogP contribution is -2.43. The van der Waals surface area contributed by atoms with Crippen molar-refractivity contribution in [3.05, 3.63) is 35.4 Å². The number of benzene rings is 1. The highest BCUT2D eigenvalue weighted by atomic mass is 19.2. The van der Waals surface area contributed by atoms with Crippen molar-refractivity contribution in [1.82, 2.24) is 4.90 Å². The minimum atomic E-state index is -1.03. The Labute approximate surface area is 118 Å². The molecule has 1 aliphatic rings. The first-order valence-electron chi connectivity index (χ1n) is 7.22. The van der Waals surface area contributed by atoms with Gasteiger partial charge in [-0.05, 0) is 44.4 Å². The van der Waals surface area contributed by atoms with Gasteiger partial charge < -0.3 is 0 Å². The molecule has 0 amide bonds. The second-order valence-corrected chi connectivity index (χ2v) is 5.67. The summed E-state index contributed by atoms with van der Waals surface area (Å²) < 4.78 is 26.7. The van der Waals surface area contributed by atoms with Gasteiger partial charge in [-0.15, -0.1) is 0 Å². The van der Waals surface area contributed by atoms with Crippen molar-refractivity contribution in [3.63, 3.8) is 0 Å². The van der Waals surface area contributed by atoms with Crippen LogP contribution in [0.15, 0.2) is 18.2 Å². The van der Waals surface area contributed by atoms with Gasteiger partial charge in [0.1, 0.15) is 0 Å². The fraction of sp³-hybridized carbons (Fsp3) is 0.562. The predicted octanol–water partition coefficient (Wildman–Crippen LogP) is 3.66. The van der Waals surface area contributed by atoms with Crippen molar-refractivity contribution < 1.29 is 13.6 Å². The van der Waals surface area contributed by atoms with Crippen LogP contribution in [-0.4, -0.2) is 29.8 Å². The zero-order valence-corrected chi connectivity index (χ0v) is 12.0. The highest BCUT2D eigenvalue weighted by Gasteiger charge is 2.25. The number of ketones is 1. The number of Topliss-reactive ketones (excluding diaryl/α,β-unsaturated/α-hetero) is 1. The maximum absolute atomic E-state index is 13.5. The number of rotatable bonds is 4. The van der Waals surface area contributed by atoms with Gasteiger partial charge in [-0.2, -0.15) is 0 Å². The average Bonchev–Trinajstić information content (AvgIpc) is 2.43. The highest BCUT2D eigenvalue weighted by molar-refractivity contribution is 5.96. The molecule has 0 aromatic heterocycles. The Morgan fingerprint density at radius 1 is 1.35 bits per heavy atom. The van der Waals surface area contributed by atoms with Crippen LogP contribution in [-0.2, 0) is 0 Å². The average molecular weight is 281 g/mol. The molecule has 20 heavy (non-hydrogen) atoms. The van der Waals surface area contributed by atoms with Gasteiger partial charge >= 0.3 is 0 Å². The van der Waals surface area contributed by atoms with Gasteiger partial charge in [0.2, 0.25) is 0 Å². The molecule has 0 bridgehead atoms. The first-order valence-corrected chi connectivity index (χ1v) is 7.22. The molecule has 1 saturated heterocycles. The molecular formula is C16H21F2NO. The molecule has 0 spiro atoms. The number of likely N-dealkylation sites (tertiary alicyclic amines) is 1.